The molecule has 0 amide bonds. The third-order valence-corrected chi connectivity index (χ3v) is 2.87. The molecule has 88 valence electrons. The van der Waals surface area contributed by atoms with Gasteiger partial charge in [-0.1, -0.05) is 6.92 Å². The standard InChI is InChI=1S/C13H18FNO/c1-2-8-16-13-9-10(14)6-7-12(13)15-11-4-3-5-11/h6-7,9,11,15H,2-5,8H2,1H3. The maximum Gasteiger partial charge on any atom is 0.145 e. The molecule has 1 aromatic rings. The Labute approximate surface area is 95.8 Å². The Morgan fingerprint density at radius 1 is 1.44 bits per heavy atom. The molecule has 1 N–H and O–H groups in total. The van der Waals surface area contributed by atoms with Gasteiger partial charge in [0.1, 0.15) is 11.6 Å². The maximum absolute atomic E-state index is 13.1. The molecule has 1 aliphatic rings. The molecule has 1 saturated carbocycles. The molecule has 2 rings (SSSR count). The van der Waals surface area contributed by atoms with E-state index >= 15 is 0 Å². The fourth-order valence-corrected chi connectivity index (χ4v) is 1.72. The summed E-state index contributed by atoms with van der Waals surface area (Å²) in [6, 6.07) is 5.23. The van der Waals surface area contributed by atoms with Crippen LogP contribution in [-0.2, 0) is 0 Å². The number of nitrogens with one attached hydrogen (secondary N) is 1. The van der Waals surface area contributed by atoms with Crippen LogP contribution in [0, 0.1) is 5.82 Å². The topological polar surface area (TPSA) is 21.3 Å². The second kappa shape index (κ2) is 5.19. The summed E-state index contributed by atoms with van der Waals surface area (Å²) in [6.07, 6.45) is 4.61. The van der Waals surface area contributed by atoms with E-state index in [0.29, 0.717) is 18.4 Å². The Hall–Kier alpha value is -1.25. The van der Waals surface area contributed by atoms with Crippen LogP contribution in [0.5, 0.6) is 5.75 Å². The van der Waals surface area contributed by atoms with E-state index in [-0.39, 0.29) is 5.82 Å². The second-order valence-electron chi connectivity index (χ2n) is 4.26. The highest BCUT2D eigenvalue weighted by atomic mass is 19.1. The maximum atomic E-state index is 13.1. The molecule has 16 heavy (non-hydrogen) atoms. The highest BCUT2D eigenvalue weighted by Crippen LogP contribution is 2.30. The van der Waals surface area contributed by atoms with Crippen molar-refractivity contribution in [2.75, 3.05) is 11.9 Å². The van der Waals surface area contributed by atoms with Crippen molar-refractivity contribution >= 4 is 5.69 Å². The first-order valence-corrected chi connectivity index (χ1v) is 5.98. The zero-order valence-corrected chi connectivity index (χ0v) is 9.63. The van der Waals surface area contributed by atoms with Crippen molar-refractivity contribution in [3.8, 4) is 5.75 Å². The Balaban J connectivity index is 2.07. The summed E-state index contributed by atoms with van der Waals surface area (Å²) >= 11 is 0. The molecule has 1 aliphatic carbocycles. The van der Waals surface area contributed by atoms with Crippen molar-refractivity contribution in [3.63, 3.8) is 0 Å². The Kier molecular flexibility index (Phi) is 3.65. The van der Waals surface area contributed by atoms with Gasteiger partial charge < -0.3 is 10.1 Å². The predicted molar refractivity (Wildman–Crippen MR) is 63.4 cm³/mol. The van der Waals surface area contributed by atoms with E-state index in [4.69, 9.17) is 4.74 Å². The minimum absolute atomic E-state index is 0.245. The van der Waals surface area contributed by atoms with E-state index in [1.54, 1.807) is 6.07 Å². The molecule has 3 heteroatoms. The van der Waals surface area contributed by atoms with E-state index < -0.39 is 0 Å². The lowest BCUT2D eigenvalue weighted by Crippen LogP contribution is -2.27. The van der Waals surface area contributed by atoms with E-state index in [1.807, 2.05) is 6.92 Å². The SMILES string of the molecule is CCCOc1cc(F)ccc1NC1CCC1. The quantitative estimate of drug-likeness (QED) is 0.823. The van der Waals surface area contributed by atoms with Crippen LogP contribution in [0.25, 0.3) is 0 Å². The summed E-state index contributed by atoms with van der Waals surface area (Å²) in [5.41, 5.74) is 0.916. The van der Waals surface area contributed by atoms with E-state index in [0.717, 1.165) is 12.1 Å². The highest BCUT2D eigenvalue weighted by Gasteiger charge is 2.18. The first kappa shape index (κ1) is 11.2. The number of anilines is 1. The average Bonchev–Trinajstić information content (AvgIpc) is 2.22. The number of benzene rings is 1. The third-order valence-electron chi connectivity index (χ3n) is 2.87. The molecule has 0 aromatic heterocycles. The molecular weight excluding hydrogens is 205 g/mol. The minimum atomic E-state index is -0.245. The number of rotatable bonds is 5. The minimum Gasteiger partial charge on any atom is -0.491 e. The van der Waals surface area contributed by atoms with Gasteiger partial charge in [-0.3, -0.25) is 0 Å². The van der Waals surface area contributed by atoms with Gasteiger partial charge in [-0.25, -0.2) is 4.39 Å². The summed E-state index contributed by atoms with van der Waals surface area (Å²) in [5.74, 6) is 0.388. The van der Waals surface area contributed by atoms with E-state index in [1.165, 1.54) is 31.4 Å². The van der Waals surface area contributed by atoms with Crippen molar-refractivity contribution in [2.45, 2.75) is 38.6 Å². The number of ether oxygens (including phenoxy) is 1. The van der Waals surface area contributed by atoms with Crippen LogP contribution in [0.3, 0.4) is 0 Å². The predicted octanol–water partition coefficient (Wildman–Crippen LogP) is 3.58. The Morgan fingerprint density at radius 2 is 2.25 bits per heavy atom. The molecule has 0 spiro atoms. The van der Waals surface area contributed by atoms with Crippen molar-refractivity contribution in [1.29, 1.82) is 0 Å². The van der Waals surface area contributed by atoms with Gasteiger partial charge in [-0.15, -0.1) is 0 Å². The highest BCUT2D eigenvalue weighted by molar-refractivity contribution is 5.57. The number of halogens is 1. The van der Waals surface area contributed by atoms with Crippen molar-refractivity contribution in [1.82, 2.24) is 0 Å². The van der Waals surface area contributed by atoms with Crippen LogP contribution in [0.15, 0.2) is 18.2 Å². The molecule has 1 fully saturated rings. The molecule has 2 nitrogen and oxygen atoms in total. The molecule has 0 bridgehead atoms. The van der Waals surface area contributed by atoms with Crippen molar-refractivity contribution in [2.24, 2.45) is 0 Å². The fraction of sp³-hybridized carbons (Fsp3) is 0.538. The van der Waals surface area contributed by atoms with Gasteiger partial charge in [0.15, 0.2) is 0 Å². The fourth-order valence-electron chi connectivity index (χ4n) is 1.72. The van der Waals surface area contributed by atoms with Crippen molar-refractivity contribution in [3.05, 3.63) is 24.0 Å². The lowest BCUT2D eigenvalue weighted by Gasteiger charge is -2.28. The van der Waals surface area contributed by atoms with E-state index in [9.17, 15) is 4.39 Å². The number of hydrogen-bond acceptors (Lipinski definition) is 2. The third kappa shape index (κ3) is 2.65. The Bertz CT molecular complexity index is 350. The molecule has 1 aromatic carbocycles. The first-order chi connectivity index (χ1) is 7.79. The van der Waals surface area contributed by atoms with Crippen LogP contribution < -0.4 is 10.1 Å². The Morgan fingerprint density at radius 3 is 2.88 bits per heavy atom. The van der Waals surface area contributed by atoms with E-state index in [2.05, 4.69) is 5.32 Å². The molecule has 0 unspecified atom stereocenters. The number of hydrogen-bond donors (Lipinski definition) is 1. The zero-order valence-electron chi connectivity index (χ0n) is 9.63. The average molecular weight is 223 g/mol. The molecule has 0 saturated heterocycles. The van der Waals surface area contributed by atoms with Gasteiger partial charge in [0.05, 0.1) is 12.3 Å². The normalized spacial score (nSPS) is 15.6. The van der Waals surface area contributed by atoms with Gasteiger partial charge in [0.2, 0.25) is 0 Å². The molecule has 0 aliphatic heterocycles. The van der Waals surface area contributed by atoms with Crippen LogP contribution in [0.2, 0.25) is 0 Å². The summed E-state index contributed by atoms with van der Waals surface area (Å²) in [4.78, 5) is 0. The van der Waals surface area contributed by atoms with Crippen LogP contribution in [0.4, 0.5) is 10.1 Å². The summed E-state index contributed by atoms with van der Waals surface area (Å²) in [5, 5.41) is 3.39. The van der Waals surface area contributed by atoms with Crippen molar-refractivity contribution < 1.29 is 9.13 Å². The van der Waals surface area contributed by atoms with Crippen LogP contribution in [0.1, 0.15) is 32.6 Å². The largest absolute Gasteiger partial charge is 0.491 e. The van der Waals surface area contributed by atoms with Gasteiger partial charge in [0.25, 0.3) is 0 Å². The molecule has 0 atom stereocenters. The zero-order chi connectivity index (χ0) is 11.4. The summed E-state index contributed by atoms with van der Waals surface area (Å²) in [6.45, 7) is 2.67. The molecular formula is C13H18FNO. The molecule has 0 radical (unpaired) electrons. The monoisotopic (exact) mass is 223 g/mol. The van der Waals surface area contributed by atoms with Crippen LogP contribution in [-0.4, -0.2) is 12.6 Å². The van der Waals surface area contributed by atoms with Gasteiger partial charge in [-0.05, 0) is 37.8 Å². The molecule has 0 heterocycles. The second-order valence-corrected chi connectivity index (χ2v) is 4.26. The van der Waals surface area contributed by atoms with Crippen LogP contribution >= 0.6 is 0 Å². The smallest absolute Gasteiger partial charge is 0.145 e. The summed E-state index contributed by atoms with van der Waals surface area (Å²) in [7, 11) is 0. The van der Waals surface area contributed by atoms with Gasteiger partial charge >= 0.3 is 0 Å². The summed E-state index contributed by atoms with van der Waals surface area (Å²) < 4.78 is 18.6. The first-order valence-electron chi connectivity index (χ1n) is 5.98. The lowest BCUT2D eigenvalue weighted by atomic mass is 9.93. The van der Waals surface area contributed by atoms with Gasteiger partial charge in [-0.2, -0.15) is 0 Å². The van der Waals surface area contributed by atoms with Gasteiger partial charge in [0, 0.05) is 12.1 Å². The lowest BCUT2D eigenvalue weighted by molar-refractivity contribution is 0.316.